The molecule has 0 aromatic carbocycles. The molecule has 1 aliphatic heterocycles. The Morgan fingerprint density at radius 2 is 1.53 bits per heavy atom. The molecule has 106 valence electrons. The number of ether oxygens (including phenoxy) is 1. The quantitative estimate of drug-likeness (QED) is 0.753. The fourth-order valence-corrected chi connectivity index (χ4v) is 2.25. The summed E-state index contributed by atoms with van der Waals surface area (Å²) < 4.78 is 5.60. The van der Waals surface area contributed by atoms with Gasteiger partial charge in [-0.25, -0.2) is 0 Å². The van der Waals surface area contributed by atoms with Crippen molar-refractivity contribution >= 4 is 0 Å². The summed E-state index contributed by atoms with van der Waals surface area (Å²) in [4.78, 5) is 4.77. The van der Waals surface area contributed by atoms with E-state index in [0.29, 0.717) is 0 Å². The molecule has 2 heterocycles. The Morgan fingerprint density at radius 3 is 2.05 bits per heavy atom. The topological polar surface area (TPSA) is 46.2 Å². The second-order valence-electron chi connectivity index (χ2n) is 5.16. The monoisotopic (exact) mass is 263 g/mol. The standard InChI is InChI=1S/C15H25N3O/c1-12-14-6-3-7-15(18-14)13(2)17-9-5-11-19-10-4-8-16-12/h3,6-7,12-13,16-17H,4-5,8-11H2,1-2H3/t12-,13+. The van der Waals surface area contributed by atoms with Crippen molar-refractivity contribution in [1.82, 2.24) is 15.6 Å². The molecule has 0 radical (unpaired) electrons. The van der Waals surface area contributed by atoms with Crippen LogP contribution >= 0.6 is 0 Å². The first kappa shape index (κ1) is 14.4. The summed E-state index contributed by atoms with van der Waals surface area (Å²) >= 11 is 0. The molecule has 0 aliphatic carbocycles. The van der Waals surface area contributed by atoms with Gasteiger partial charge in [0, 0.05) is 25.3 Å². The van der Waals surface area contributed by atoms with E-state index >= 15 is 0 Å². The average molecular weight is 263 g/mol. The van der Waals surface area contributed by atoms with Gasteiger partial charge in [-0.15, -0.1) is 0 Å². The van der Waals surface area contributed by atoms with E-state index in [-0.39, 0.29) is 12.1 Å². The molecular formula is C15H25N3O. The maximum absolute atomic E-state index is 5.60. The van der Waals surface area contributed by atoms with Crippen LogP contribution in [0.25, 0.3) is 0 Å². The number of hydrogen-bond acceptors (Lipinski definition) is 4. The van der Waals surface area contributed by atoms with Crippen molar-refractivity contribution in [2.45, 2.75) is 38.8 Å². The van der Waals surface area contributed by atoms with Gasteiger partial charge in [-0.2, -0.15) is 0 Å². The highest BCUT2D eigenvalue weighted by Crippen LogP contribution is 2.15. The van der Waals surface area contributed by atoms with Gasteiger partial charge in [0.2, 0.25) is 0 Å². The van der Waals surface area contributed by atoms with Crippen LogP contribution in [0.15, 0.2) is 18.2 Å². The van der Waals surface area contributed by atoms with Crippen molar-refractivity contribution < 1.29 is 4.74 Å². The van der Waals surface area contributed by atoms with Crippen LogP contribution in [0.4, 0.5) is 0 Å². The SMILES string of the molecule is C[C@@H]1NCCCOCCCN[C@H](C)c2cccc1n2. The van der Waals surface area contributed by atoms with E-state index < -0.39 is 0 Å². The van der Waals surface area contributed by atoms with E-state index in [1.165, 1.54) is 0 Å². The smallest absolute Gasteiger partial charge is 0.0574 e. The molecule has 0 spiro atoms. The van der Waals surface area contributed by atoms with Crippen LogP contribution < -0.4 is 10.6 Å². The van der Waals surface area contributed by atoms with Crippen LogP contribution in [0.3, 0.4) is 0 Å². The highest BCUT2D eigenvalue weighted by Gasteiger charge is 2.11. The van der Waals surface area contributed by atoms with Crippen LogP contribution in [-0.2, 0) is 4.74 Å². The zero-order valence-electron chi connectivity index (χ0n) is 12.0. The van der Waals surface area contributed by atoms with Crippen molar-refractivity contribution in [2.24, 2.45) is 0 Å². The van der Waals surface area contributed by atoms with Gasteiger partial charge < -0.3 is 15.4 Å². The summed E-state index contributed by atoms with van der Waals surface area (Å²) in [6.07, 6.45) is 2.10. The molecule has 2 atom stereocenters. The second kappa shape index (κ2) is 7.58. The van der Waals surface area contributed by atoms with Crippen molar-refractivity contribution in [3.8, 4) is 0 Å². The highest BCUT2D eigenvalue weighted by molar-refractivity contribution is 5.16. The zero-order valence-corrected chi connectivity index (χ0v) is 12.0. The Morgan fingerprint density at radius 1 is 1.00 bits per heavy atom. The molecule has 0 saturated heterocycles. The van der Waals surface area contributed by atoms with Crippen LogP contribution in [0.2, 0.25) is 0 Å². The van der Waals surface area contributed by atoms with E-state index in [1.54, 1.807) is 0 Å². The van der Waals surface area contributed by atoms with Crippen molar-refractivity contribution in [1.29, 1.82) is 0 Å². The molecule has 2 N–H and O–H groups in total. The molecule has 4 heteroatoms. The van der Waals surface area contributed by atoms with Crippen molar-refractivity contribution in [3.63, 3.8) is 0 Å². The Kier molecular flexibility index (Phi) is 5.76. The fourth-order valence-electron chi connectivity index (χ4n) is 2.25. The second-order valence-corrected chi connectivity index (χ2v) is 5.16. The molecule has 0 unspecified atom stereocenters. The first-order chi connectivity index (χ1) is 9.27. The Labute approximate surface area is 116 Å². The molecule has 2 bridgehead atoms. The summed E-state index contributed by atoms with van der Waals surface area (Å²) in [6.45, 7) is 7.95. The average Bonchev–Trinajstić information content (AvgIpc) is 2.44. The predicted octanol–water partition coefficient (Wildman–Crippen LogP) is 2.19. The molecular weight excluding hydrogens is 238 g/mol. The predicted molar refractivity (Wildman–Crippen MR) is 77.1 cm³/mol. The van der Waals surface area contributed by atoms with Crippen molar-refractivity contribution in [2.75, 3.05) is 26.3 Å². The lowest BCUT2D eigenvalue weighted by Gasteiger charge is -2.18. The third-order valence-corrected chi connectivity index (χ3v) is 3.51. The maximum atomic E-state index is 5.60. The van der Waals surface area contributed by atoms with Gasteiger partial charge in [0.15, 0.2) is 0 Å². The van der Waals surface area contributed by atoms with E-state index in [2.05, 4.69) is 42.7 Å². The normalized spacial score (nSPS) is 26.6. The van der Waals surface area contributed by atoms with Crippen LogP contribution in [-0.4, -0.2) is 31.3 Å². The molecule has 1 aliphatic rings. The maximum Gasteiger partial charge on any atom is 0.0574 e. The molecule has 4 nitrogen and oxygen atoms in total. The number of nitrogens with one attached hydrogen (secondary N) is 2. The van der Waals surface area contributed by atoms with Gasteiger partial charge in [0.25, 0.3) is 0 Å². The van der Waals surface area contributed by atoms with Gasteiger partial charge >= 0.3 is 0 Å². The molecule has 1 aromatic rings. The fraction of sp³-hybridized carbons (Fsp3) is 0.667. The van der Waals surface area contributed by atoms with Gasteiger partial charge in [-0.05, 0) is 51.9 Å². The molecule has 0 saturated carbocycles. The highest BCUT2D eigenvalue weighted by atomic mass is 16.5. The van der Waals surface area contributed by atoms with Gasteiger partial charge in [0.1, 0.15) is 0 Å². The summed E-state index contributed by atoms with van der Waals surface area (Å²) in [6, 6.07) is 6.86. The minimum atomic E-state index is 0.287. The van der Waals surface area contributed by atoms with Crippen molar-refractivity contribution in [3.05, 3.63) is 29.6 Å². The summed E-state index contributed by atoms with van der Waals surface area (Å²) in [7, 11) is 0. The van der Waals surface area contributed by atoms with E-state index in [0.717, 1.165) is 50.5 Å². The van der Waals surface area contributed by atoms with Crippen LogP contribution in [0.5, 0.6) is 0 Å². The minimum absolute atomic E-state index is 0.287. The first-order valence-corrected chi connectivity index (χ1v) is 7.29. The number of rotatable bonds is 0. The number of nitrogens with zero attached hydrogens (tertiary/aromatic N) is 1. The van der Waals surface area contributed by atoms with Crippen LogP contribution in [0.1, 0.15) is 50.2 Å². The molecule has 1 aromatic heterocycles. The third kappa shape index (κ3) is 4.56. The van der Waals surface area contributed by atoms with E-state index in [9.17, 15) is 0 Å². The van der Waals surface area contributed by atoms with Crippen LogP contribution in [0, 0.1) is 0 Å². The number of fused-ring (bicyclic) bond motifs is 2. The van der Waals surface area contributed by atoms with Gasteiger partial charge in [-0.1, -0.05) is 6.07 Å². The number of aromatic nitrogens is 1. The zero-order chi connectivity index (χ0) is 13.5. The largest absolute Gasteiger partial charge is 0.381 e. The van der Waals surface area contributed by atoms with Gasteiger partial charge in [-0.3, -0.25) is 4.98 Å². The lowest BCUT2D eigenvalue weighted by Crippen LogP contribution is -2.25. The Hall–Kier alpha value is -0.970. The minimum Gasteiger partial charge on any atom is -0.381 e. The van der Waals surface area contributed by atoms with E-state index in [1.807, 2.05) is 0 Å². The lowest BCUT2D eigenvalue weighted by molar-refractivity contribution is 0.128. The van der Waals surface area contributed by atoms with Gasteiger partial charge in [0.05, 0.1) is 11.4 Å². The third-order valence-electron chi connectivity index (χ3n) is 3.51. The number of hydrogen-bond donors (Lipinski definition) is 2. The molecule has 0 amide bonds. The lowest BCUT2D eigenvalue weighted by atomic mass is 10.1. The summed E-state index contributed by atoms with van der Waals surface area (Å²) in [5.41, 5.74) is 2.23. The number of pyridine rings is 1. The Balaban J connectivity index is 2.08. The first-order valence-electron chi connectivity index (χ1n) is 7.29. The molecule has 0 fully saturated rings. The van der Waals surface area contributed by atoms with E-state index in [4.69, 9.17) is 9.72 Å². The summed E-state index contributed by atoms with van der Waals surface area (Å²) in [5, 5.41) is 6.99. The molecule has 19 heavy (non-hydrogen) atoms. The Bertz CT molecular complexity index is 352. The molecule has 2 rings (SSSR count). The summed E-state index contributed by atoms with van der Waals surface area (Å²) in [5.74, 6) is 0.